The van der Waals surface area contributed by atoms with Crippen molar-refractivity contribution in [3.05, 3.63) is 36.0 Å². The Morgan fingerprint density at radius 2 is 2.14 bits per heavy atom. The van der Waals surface area contributed by atoms with Crippen LogP contribution >= 0.6 is 12.4 Å². The molecule has 1 aromatic heterocycles. The summed E-state index contributed by atoms with van der Waals surface area (Å²) in [6.07, 6.45) is 3.05. The highest BCUT2D eigenvalue weighted by Crippen LogP contribution is 2.25. The van der Waals surface area contributed by atoms with E-state index in [0.717, 1.165) is 81.6 Å². The highest BCUT2D eigenvalue weighted by molar-refractivity contribution is 5.85. The highest BCUT2D eigenvalue weighted by atomic mass is 35.5. The number of halogens is 1. The molecular formula is C21H31ClN4O3. The van der Waals surface area contributed by atoms with Crippen LogP contribution in [0.3, 0.4) is 0 Å². The minimum atomic E-state index is 0. The molecule has 2 atom stereocenters. The highest BCUT2D eigenvalue weighted by Gasteiger charge is 2.31. The molecule has 0 saturated carbocycles. The van der Waals surface area contributed by atoms with Crippen molar-refractivity contribution in [1.29, 1.82) is 0 Å². The Balaban J connectivity index is 0.00000240. The fourth-order valence-electron chi connectivity index (χ4n) is 4.19. The molecule has 0 aliphatic carbocycles. The van der Waals surface area contributed by atoms with Gasteiger partial charge in [-0.3, -0.25) is 10.00 Å². The van der Waals surface area contributed by atoms with Gasteiger partial charge in [0.1, 0.15) is 5.75 Å². The maximum Gasteiger partial charge on any atom is 0.119 e. The molecule has 160 valence electrons. The van der Waals surface area contributed by atoms with E-state index in [0.29, 0.717) is 12.0 Å². The van der Waals surface area contributed by atoms with Crippen molar-refractivity contribution in [1.82, 2.24) is 20.4 Å². The Hall–Kier alpha value is -1.64. The van der Waals surface area contributed by atoms with E-state index in [1.807, 2.05) is 24.4 Å². The topological polar surface area (TPSA) is 71.6 Å². The molecule has 2 aliphatic heterocycles. The van der Waals surface area contributed by atoms with Crippen LogP contribution in [0.4, 0.5) is 0 Å². The van der Waals surface area contributed by atoms with Crippen LogP contribution in [0.5, 0.6) is 5.75 Å². The van der Waals surface area contributed by atoms with E-state index < -0.39 is 0 Å². The minimum absolute atomic E-state index is 0. The van der Waals surface area contributed by atoms with Crippen molar-refractivity contribution in [2.75, 3.05) is 53.2 Å². The van der Waals surface area contributed by atoms with Crippen LogP contribution in [-0.2, 0) is 16.0 Å². The summed E-state index contributed by atoms with van der Waals surface area (Å²) in [6.45, 7) is 7.12. The zero-order valence-electron chi connectivity index (χ0n) is 16.9. The summed E-state index contributed by atoms with van der Waals surface area (Å²) in [5.41, 5.74) is 3.29. The van der Waals surface area contributed by atoms with Crippen molar-refractivity contribution >= 4 is 12.4 Å². The molecule has 3 heterocycles. The normalized spacial score (nSPS) is 20.9. The third kappa shape index (κ3) is 5.49. The number of aromatic amines is 1. The summed E-state index contributed by atoms with van der Waals surface area (Å²) < 4.78 is 16.6. The summed E-state index contributed by atoms with van der Waals surface area (Å²) >= 11 is 0. The van der Waals surface area contributed by atoms with Gasteiger partial charge in [-0.25, -0.2) is 0 Å². The largest absolute Gasteiger partial charge is 0.497 e. The van der Waals surface area contributed by atoms with Gasteiger partial charge in [0.2, 0.25) is 0 Å². The SMILES string of the molecule is COc1cccc(-c2[nH]ncc2CNCC(C2CCOC2)N2CCOCC2)c1.Cl. The number of methoxy groups -OCH3 is 1. The van der Waals surface area contributed by atoms with Gasteiger partial charge in [-0.2, -0.15) is 5.10 Å². The molecule has 0 bridgehead atoms. The minimum Gasteiger partial charge on any atom is -0.497 e. The molecule has 2 saturated heterocycles. The van der Waals surface area contributed by atoms with Crippen LogP contribution in [-0.4, -0.2) is 74.3 Å². The molecule has 7 nitrogen and oxygen atoms in total. The van der Waals surface area contributed by atoms with Gasteiger partial charge in [-0.05, 0) is 18.6 Å². The van der Waals surface area contributed by atoms with E-state index in [1.165, 1.54) is 0 Å². The van der Waals surface area contributed by atoms with E-state index in [-0.39, 0.29) is 12.4 Å². The maximum atomic E-state index is 5.67. The molecule has 2 N–H and O–H groups in total. The third-order valence-electron chi connectivity index (χ3n) is 5.77. The molecule has 2 fully saturated rings. The van der Waals surface area contributed by atoms with Crippen LogP contribution < -0.4 is 10.1 Å². The number of nitrogens with zero attached hydrogens (tertiary/aromatic N) is 2. The molecule has 0 spiro atoms. The van der Waals surface area contributed by atoms with Gasteiger partial charge in [0, 0.05) is 55.9 Å². The lowest BCUT2D eigenvalue weighted by Crippen LogP contribution is -2.51. The Kier molecular flexibility index (Phi) is 8.32. The van der Waals surface area contributed by atoms with Gasteiger partial charge in [-0.15, -0.1) is 12.4 Å². The first-order valence-corrected chi connectivity index (χ1v) is 10.1. The number of hydrogen-bond donors (Lipinski definition) is 2. The fraction of sp³-hybridized carbons (Fsp3) is 0.571. The number of morpholine rings is 1. The number of H-pyrrole nitrogens is 1. The zero-order valence-corrected chi connectivity index (χ0v) is 17.7. The molecule has 2 unspecified atom stereocenters. The Labute approximate surface area is 178 Å². The van der Waals surface area contributed by atoms with E-state index >= 15 is 0 Å². The number of benzene rings is 1. The van der Waals surface area contributed by atoms with Crippen molar-refractivity contribution < 1.29 is 14.2 Å². The lowest BCUT2D eigenvalue weighted by molar-refractivity contribution is 0.00137. The average Bonchev–Trinajstić information content (AvgIpc) is 3.44. The summed E-state index contributed by atoms with van der Waals surface area (Å²) in [7, 11) is 1.69. The second kappa shape index (κ2) is 10.9. The van der Waals surface area contributed by atoms with Crippen LogP contribution in [0.25, 0.3) is 11.3 Å². The van der Waals surface area contributed by atoms with Crippen LogP contribution in [0.2, 0.25) is 0 Å². The first kappa shape index (κ1) is 22.1. The number of nitrogens with one attached hydrogen (secondary N) is 2. The lowest BCUT2D eigenvalue weighted by atomic mass is 9.96. The Morgan fingerprint density at radius 1 is 1.28 bits per heavy atom. The predicted octanol–water partition coefficient (Wildman–Crippen LogP) is 2.33. The van der Waals surface area contributed by atoms with Crippen molar-refractivity contribution in [2.45, 2.75) is 19.0 Å². The van der Waals surface area contributed by atoms with Crippen molar-refractivity contribution in [3.8, 4) is 17.0 Å². The fourth-order valence-corrected chi connectivity index (χ4v) is 4.19. The Bertz CT molecular complexity index is 745. The lowest BCUT2D eigenvalue weighted by Gasteiger charge is -2.37. The summed E-state index contributed by atoms with van der Waals surface area (Å²) in [5.74, 6) is 1.44. The van der Waals surface area contributed by atoms with Gasteiger partial charge < -0.3 is 19.5 Å². The molecule has 0 amide bonds. The van der Waals surface area contributed by atoms with Crippen LogP contribution in [0.15, 0.2) is 30.5 Å². The van der Waals surface area contributed by atoms with Gasteiger partial charge in [-0.1, -0.05) is 12.1 Å². The standard InChI is InChI=1S/C21H30N4O3.ClH/c1-26-19-4-2-3-16(11-19)21-18(13-23-24-21)12-22-14-20(17-5-8-28-15-17)25-6-9-27-10-7-25;/h2-4,11,13,17,20,22H,5-10,12,14-15H2,1H3,(H,23,24);1H. The molecule has 2 aliphatic rings. The molecule has 4 rings (SSSR count). The number of aromatic nitrogens is 2. The van der Waals surface area contributed by atoms with Gasteiger partial charge in [0.25, 0.3) is 0 Å². The average molecular weight is 423 g/mol. The molecule has 0 radical (unpaired) electrons. The van der Waals surface area contributed by atoms with Crippen molar-refractivity contribution in [3.63, 3.8) is 0 Å². The zero-order chi connectivity index (χ0) is 19.2. The molecule has 29 heavy (non-hydrogen) atoms. The quantitative estimate of drug-likeness (QED) is 0.680. The Morgan fingerprint density at radius 3 is 2.90 bits per heavy atom. The summed E-state index contributed by atoms with van der Waals surface area (Å²) in [4.78, 5) is 2.56. The molecule has 1 aromatic carbocycles. The number of ether oxygens (including phenoxy) is 3. The second-order valence-corrected chi connectivity index (χ2v) is 7.47. The number of hydrogen-bond acceptors (Lipinski definition) is 6. The molecule has 8 heteroatoms. The molecule has 2 aromatic rings. The van der Waals surface area contributed by atoms with Crippen LogP contribution in [0, 0.1) is 5.92 Å². The van der Waals surface area contributed by atoms with Gasteiger partial charge in [0.05, 0.1) is 38.8 Å². The van der Waals surface area contributed by atoms with E-state index in [2.05, 4.69) is 26.5 Å². The van der Waals surface area contributed by atoms with Gasteiger partial charge >= 0.3 is 0 Å². The van der Waals surface area contributed by atoms with Crippen LogP contribution in [0.1, 0.15) is 12.0 Å². The van der Waals surface area contributed by atoms with E-state index in [1.54, 1.807) is 7.11 Å². The van der Waals surface area contributed by atoms with Crippen molar-refractivity contribution in [2.24, 2.45) is 5.92 Å². The smallest absolute Gasteiger partial charge is 0.119 e. The summed E-state index contributed by atoms with van der Waals surface area (Å²) in [5, 5.41) is 11.1. The van der Waals surface area contributed by atoms with E-state index in [9.17, 15) is 0 Å². The first-order chi connectivity index (χ1) is 13.8. The van der Waals surface area contributed by atoms with Gasteiger partial charge in [0.15, 0.2) is 0 Å². The number of rotatable bonds is 8. The monoisotopic (exact) mass is 422 g/mol. The second-order valence-electron chi connectivity index (χ2n) is 7.47. The molecular weight excluding hydrogens is 392 g/mol. The maximum absolute atomic E-state index is 5.67. The predicted molar refractivity (Wildman–Crippen MR) is 115 cm³/mol. The van der Waals surface area contributed by atoms with E-state index in [4.69, 9.17) is 14.2 Å². The summed E-state index contributed by atoms with van der Waals surface area (Å²) in [6, 6.07) is 8.54. The first-order valence-electron chi connectivity index (χ1n) is 10.1. The third-order valence-corrected chi connectivity index (χ3v) is 5.77.